The molecule has 2 amide bonds. The number of anilines is 1. The Morgan fingerprint density at radius 2 is 1.73 bits per heavy atom. The van der Waals surface area contributed by atoms with Crippen molar-refractivity contribution >= 4 is 29.7 Å². The number of hydrazone groups is 1. The van der Waals surface area contributed by atoms with E-state index >= 15 is 0 Å². The van der Waals surface area contributed by atoms with Gasteiger partial charge in [0.1, 0.15) is 12.4 Å². The number of carbonyl (C=O) groups is 3. The van der Waals surface area contributed by atoms with Crippen molar-refractivity contribution in [2.24, 2.45) is 33.7 Å². The fraction of sp³-hybridized carbons (Fsp3) is 0.514. The summed E-state index contributed by atoms with van der Waals surface area (Å²) in [6.07, 6.45) is 7.43. The van der Waals surface area contributed by atoms with E-state index in [1.807, 2.05) is 0 Å². The number of hydrogen-bond acceptors (Lipinski definition) is 8. The molecule has 0 saturated heterocycles. The first-order chi connectivity index (χ1) is 22.9. The molecule has 8 atom stereocenters. The van der Waals surface area contributed by atoms with Gasteiger partial charge in [-0.05, 0) is 117 Å². The fourth-order valence-electron chi connectivity index (χ4n) is 10.2. The van der Waals surface area contributed by atoms with Crippen molar-refractivity contribution in [1.29, 1.82) is 0 Å². The maximum atomic E-state index is 13.3. The van der Waals surface area contributed by atoms with Gasteiger partial charge in [-0.2, -0.15) is 5.10 Å². The van der Waals surface area contributed by atoms with Gasteiger partial charge >= 0.3 is 5.97 Å². The van der Waals surface area contributed by atoms with Crippen LogP contribution in [-0.4, -0.2) is 63.2 Å². The number of esters is 1. The van der Waals surface area contributed by atoms with Gasteiger partial charge in [0, 0.05) is 46.4 Å². The van der Waals surface area contributed by atoms with Gasteiger partial charge in [-0.15, -0.1) is 0 Å². The molecule has 0 bridgehead atoms. The zero-order valence-electron chi connectivity index (χ0n) is 27.0. The van der Waals surface area contributed by atoms with Crippen LogP contribution in [0.25, 0.3) is 0 Å². The number of amides is 2. The van der Waals surface area contributed by atoms with E-state index in [4.69, 9.17) is 4.74 Å². The third-order valence-electron chi connectivity index (χ3n) is 12.6. The highest BCUT2D eigenvalue weighted by atomic mass is 19.1. The van der Waals surface area contributed by atoms with E-state index in [9.17, 15) is 34.1 Å². The van der Waals surface area contributed by atoms with E-state index in [1.54, 1.807) is 30.5 Å². The number of fused-ring (bicyclic) bond motifs is 5. The SMILES string of the molecule is CC12CCC3C(CCC4(O)CC(O)CCC34C=NNC(=O)c3cccc(NC(=O)c4ccc(F)cc4)c3)C1(O)CCC2C1=CC(=O)OC1. The minimum atomic E-state index is -1.26. The molecule has 1 aliphatic heterocycles. The molecule has 11 heteroatoms. The van der Waals surface area contributed by atoms with Gasteiger partial charge in [0.15, 0.2) is 0 Å². The first-order valence-electron chi connectivity index (χ1n) is 16.9. The Labute approximate surface area is 278 Å². The van der Waals surface area contributed by atoms with Gasteiger partial charge in [-0.25, -0.2) is 14.6 Å². The van der Waals surface area contributed by atoms with Crippen LogP contribution in [0.15, 0.2) is 65.3 Å². The molecule has 10 nitrogen and oxygen atoms in total. The lowest BCUT2D eigenvalue weighted by Gasteiger charge is -2.65. The summed E-state index contributed by atoms with van der Waals surface area (Å²) in [5, 5.41) is 42.6. The highest BCUT2D eigenvalue weighted by Gasteiger charge is 2.71. The molecule has 8 unspecified atom stereocenters. The molecule has 7 rings (SSSR count). The number of halogens is 1. The van der Waals surface area contributed by atoms with E-state index < -0.39 is 45.8 Å². The molecule has 48 heavy (non-hydrogen) atoms. The molecule has 0 aromatic heterocycles. The van der Waals surface area contributed by atoms with Crippen LogP contribution in [0.4, 0.5) is 10.1 Å². The van der Waals surface area contributed by atoms with Crippen LogP contribution in [0.3, 0.4) is 0 Å². The van der Waals surface area contributed by atoms with Crippen molar-refractivity contribution in [1.82, 2.24) is 5.43 Å². The third kappa shape index (κ3) is 5.18. The number of carbonyl (C=O) groups excluding carboxylic acids is 3. The summed E-state index contributed by atoms with van der Waals surface area (Å²) in [6.45, 7) is 2.40. The molecular weight excluding hydrogens is 617 g/mol. The van der Waals surface area contributed by atoms with Crippen molar-refractivity contribution in [2.75, 3.05) is 11.9 Å². The Kier molecular flexibility index (Phi) is 8.08. The zero-order valence-corrected chi connectivity index (χ0v) is 27.0. The van der Waals surface area contributed by atoms with Crippen LogP contribution in [0.1, 0.15) is 85.4 Å². The predicted octanol–water partition coefficient (Wildman–Crippen LogP) is 4.51. The summed E-state index contributed by atoms with van der Waals surface area (Å²) < 4.78 is 18.5. The number of aliphatic hydroxyl groups excluding tert-OH is 1. The number of rotatable bonds is 6. The van der Waals surface area contributed by atoms with Crippen molar-refractivity contribution in [3.8, 4) is 0 Å². The monoisotopic (exact) mass is 659 g/mol. The molecule has 254 valence electrons. The lowest BCUT2D eigenvalue weighted by Crippen LogP contribution is -2.68. The van der Waals surface area contributed by atoms with Crippen LogP contribution in [-0.2, 0) is 9.53 Å². The number of ether oxygens (including phenoxy) is 1. The Hall–Kier alpha value is -3.93. The highest BCUT2D eigenvalue weighted by Crippen LogP contribution is 2.70. The summed E-state index contributed by atoms with van der Waals surface area (Å²) in [5.41, 5.74) is 0.839. The normalized spacial score (nSPS) is 37.2. The largest absolute Gasteiger partial charge is 0.458 e. The first-order valence-corrected chi connectivity index (χ1v) is 16.9. The Morgan fingerprint density at radius 1 is 0.958 bits per heavy atom. The number of aliphatic hydroxyl groups is 3. The number of cyclic esters (lactones) is 1. The number of nitrogens with zero attached hydrogens (tertiary/aromatic N) is 1. The topological polar surface area (TPSA) is 158 Å². The second kappa shape index (κ2) is 11.9. The number of benzene rings is 2. The van der Waals surface area contributed by atoms with Gasteiger partial charge in [0.25, 0.3) is 11.8 Å². The number of hydrogen-bond donors (Lipinski definition) is 5. The van der Waals surface area contributed by atoms with Gasteiger partial charge in [0.2, 0.25) is 0 Å². The van der Waals surface area contributed by atoms with Crippen molar-refractivity contribution < 1.29 is 38.8 Å². The minimum Gasteiger partial charge on any atom is -0.458 e. The van der Waals surface area contributed by atoms with E-state index in [0.717, 1.165) is 18.4 Å². The van der Waals surface area contributed by atoms with Crippen LogP contribution in [0.5, 0.6) is 0 Å². The Morgan fingerprint density at radius 3 is 2.48 bits per heavy atom. The van der Waals surface area contributed by atoms with E-state index in [1.165, 1.54) is 30.3 Å². The maximum Gasteiger partial charge on any atom is 0.331 e. The molecular formula is C37H42FN3O7. The molecule has 2 aromatic carbocycles. The second-order valence-corrected chi connectivity index (χ2v) is 14.8. The minimum absolute atomic E-state index is 0.0315. The maximum absolute atomic E-state index is 13.3. The van der Waals surface area contributed by atoms with Gasteiger partial charge in [0.05, 0.1) is 17.3 Å². The van der Waals surface area contributed by atoms with Gasteiger partial charge < -0.3 is 25.4 Å². The summed E-state index contributed by atoms with van der Waals surface area (Å²) in [7, 11) is 0. The smallest absolute Gasteiger partial charge is 0.331 e. The second-order valence-electron chi connectivity index (χ2n) is 14.8. The quantitative estimate of drug-likeness (QED) is 0.174. The summed E-state index contributed by atoms with van der Waals surface area (Å²) in [4.78, 5) is 37.8. The van der Waals surface area contributed by atoms with Gasteiger partial charge in [-0.1, -0.05) is 13.0 Å². The molecule has 2 aromatic rings. The highest BCUT2D eigenvalue weighted by molar-refractivity contribution is 6.05. The van der Waals surface area contributed by atoms with Crippen molar-refractivity contribution in [2.45, 2.75) is 82.0 Å². The van der Waals surface area contributed by atoms with Crippen LogP contribution in [0, 0.1) is 34.4 Å². The molecule has 0 radical (unpaired) electrons. The molecule has 4 saturated carbocycles. The van der Waals surface area contributed by atoms with E-state index in [-0.39, 0.29) is 47.9 Å². The summed E-state index contributed by atoms with van der Waals surface area (Å²) in [6, 6.07) is 11.5. The average Bonchev–Trinajstić information content (AvgIpc) is 3.60. The lowest BCUT2D eigenvalue weighted by molar-refractivity contribution is -0.237. The van der Waals surface area contributed by atoms with Crippen molar-refractivity contribution in [3.05, 3.63) is 77.1 Å². The molecule has 5 aliphatic rings. The van der Waals surface area contributed by atoms with Crippen LogP contribution in [0.2, 0.25) is 0 Å². The number of nitrogens with one attached hydrogen (secondary N) is 2. The van der Waals surface area contributed by atoms with E-state index in [0.29, 0.717) is 44.2 Å². The lowest BCUT2D eigenvalue weighted by atomic mass is 9.41. The molecule has 0 spiro atoms. The Balaban J connectivity index is 1.12. The molecule has 5 N–H and O–H groups in total. The van der Waals surface area contributed by atoms with Crippen LogP contribution < -0.4 is 10.7 Å². The average molecular weight is 660 g/mol. The summed E-state index contributed by atoms with van der Waals surface area (Å²) in [5.74, 6) is -1.99. The van der Waals surface area contributed by atoms with E-state index in [2.05, 4.69) is 22.8 Å². The fourth-order valence-corrected chi connectivity index (χ4v) is 10.2. The van der Waals surface area contributed by atoms with Crippen LogP contribution >= 0.6 is 0 Å². The summed E-state index contributed by atoms with van der Waals surface area (Å²) >= 11 is 0. The Bertz CT molecular complexity index is 1700. The van der Waals surface area contributed by atoms with Gasteiger partial charge in [-0.3, -0.25) is 9.59 Å². The predicted molar refractivity (Wildman–Crippen MR) is 174 cm³/mol. The molecule has 4 fully saturated rings. The molecule has 4 aliphatic carbocycles. The first kappa shape index (κ1) is 32.6. The van der Waals surface area contributed by atoms with Crippen molar-refractivity contribution in [3.63, 3.8) is 0 Å². The zero-order chi connectivity index (χ0) is 33.9. The molecule has 1 heterocycles. The third-order valence-corrected chi connectivity index (χ3v) is 12.6. The standard InChI is InChI=1S/C37H42FN3O7/c1-34-13-10-29-30(37(34,47)16-12-28(34)24-18-31(43)48-20-24)11-15-36(46)19-27(42)9-14-35(29,36)21-39-41-33(45)23-3-2-4-26(17-23)40-32(44)22-5-7-25(38)8-6-22/h2-8,17-18,21,27-30,42,46-47H,9-16,19-20H2,1H3,(H,40,44)(H,41,45).